The molecule has 12 nitrogen and oxygen atoms in total. The highest BCUT2D eigenvalue weighted by atomic mass is 19.4. The summed E-state index contributed by atoms with van der Waals surface area (Å²) in [6, 6.07) is 10.6. The number of nitrogens with zero attached hydrogens (tertiary/aromatic N) is 8. The van der Waals surface area contributed by atoms with E-state index < -0.39 is 12.1 Å². The summed E-state index contributed by atoms with van der Waals surface area (Å²) in [5.41, 5.74) is 5.78. The lowest BCUT2D eigenvalue weighted by molar-refractivity contribution is -0.192. The van der Waals surface area contributed by atoms with Gasteiger partial charge in [-0.25, -0.2) is 14.0 Å². The first-order valence-electron chi connectivity index (χ1n) is 15.3. The van der Waals surface area contributed by atoms with Gasteiger partial charge < -0.3 is 20.6 Å². The van der Waals surface area contributed by atoms with Crippen LogP contribution in [-0.2, 0) is 4.79 Å². The lowest BCUT2D eigenvalue weighted by atomic mass is 9.96. The van der Waals surface area contributed by atoms with E-state index in [4.69, 9.17) is 14.9 Å². The Hall–Kier alpha value is -4.55. The Bertz CT molecular complexity index is 1680. The number of carbonyl (C=O) groups is 1. The number of aliphatic carboxylic acids is 1. The topological polar surface area (TPSA) is 149 Å². The number of nitriles is 1. The number of alkyl halides is 3. The van der Waals surface area contributed by atoms with Crippen LogP contribution in [0.1, 0.15) is 51.1 Å². The molecule has 244 valence electrons. The van der Waals surface area contributed by atoms with Crippen LogP contribution < -0.4 is 10.6 Å². The standard InChI is InChI=1S/C29H36N10.C2HF3O2/c1-20(2)34-26-14-27(29-4-3-24-13-22(15-30)16-33-39(24)29)32-17-25(26)28-19-38(36-35-28)23-7-11-37(12-8-23)18-21-5-9-31-10-6-21;3-2(4,5)1(6)7/h3-4,13-14,16-17,19-21,23,31H,5-12,18H2,1-2H3,(H,32,34);(H,6,7). The van der Waals surface area contributed by atoms with E-state index in [0.29, 0.717) is 11.6 Å². The zero-order chi connectivity index (χ0) is 32.8. The largest absolute Gasteiger partial charge is 0.490 e. The summed E-state index contributed by atoms with van der Waals surface area (Å²) in [5.74, 6) is -1.92. The molecular formula is C31H37F3N10O2. The lowest BCUT2D eigenvalue weighted by Gasteiger charge is -2.35. The number of carboxylic acid groups (broad SMARTS) is 1. The smallest absolute Gasteiger partial charge is 0.475 e. The number of fused-ring (bicyclic) bond motifs is 1. The first kappa shape index (κ1) is 32.8. The molecule has 0 aliphatic carbocycles. The van der Waals surface area contributed by atoms with Crippen LogP contribution in [0.15, 0.2) is 42.9 Å². The molecule has 0 aromatic carbocycles. The fourth-order valence-electron chi connectivity index (χ4n) is 5.86. The van der Waals surface area contributed by atoms with Gasteiger partial charge in [-0.15, -0.1) is 5.10 Å². The van der Waals surface area contributed by atoms with Gasteiger partial charge in [0.25, 0.3) is 0 Å². The zero-order valence-corrected chi connectivity index (χ0v) is 25.7. The summed E-state index contributed by atoms with van der Waals surface area (Å²) in [6.07, 6.45) is 5.24. The number of hydrogen-bond acceptors (Lipinski definition) is 9. The SMILES string of the molecule is CC(C)Nc1cc(-c2ccc3cc(C#N)cnn23)ncc1-c1cn(C2CCN(CC3CCNCC3)CC2)nn1.O=C(O)C(F)(F)F. The van der Waals surface area contributed by atoms with E-state index >= 15 is 0 Å². The Labute approximate surface area is 264 Å². The quantitative estimate of drug-likeness (QED) is 0.262. The van der Waals surface area contributed by atoms with Gasteiger partial charge in [-0.2, -0.15) is 23.5 Å². The minimum absolute atomic E-state index is 0.235. The number of rotatable bonds is 7. The van der Waals surface area contributed by atoms with E-state index in [9.17, 15) is 18.4 Å². The number of carboxylic acids is 1. The van der Waals surface area contributed by atoms with Crippen LogP contribution in [0.5, 0.6) is 0 Å². The number of anilines is 1. The van der Waals surface area contributed by atoms with E-state index in [1.54, 1.807) is 6.20 Å². The molecule has 15 heteroatoms. The maximum atomic E-state index is 10.6. The molecule has 6 rings (SSSR count). The second kappa shape index (κ2) is 14.3. The summed E-state index contributed by atoms with van der Waals surface area (Å²) < 4.78 is 35.6. The molecule has 0 saturated carbocycles. The number of halogens is 3. The van der Waals surface area contributed by atoms with Crippen molar-refractivity contribution in [2.45, 2.75) is 57.8 Å². The highest BCUT2D eigenvalue weighted by Gasteiger charge is 2.38. The molecule has 0 unspecified atom stereocenters. The van der Waals surface area contributed by atoms with Gasteiger partial charge in [0.1, 0.15) is 11.8 Å². The predicted octanol–water partition coefficient (Wildman–Crippen LogP) is 4.62. The van der Waals surface area contributed by atoms with Crippen molar-refractivity contribution in [2.24, 2.45) is 5.92 Å². The van der Waals surface area contributed by atoms with Crippen molar-refractivity contribution >= 4 is 17.2 Å². The van der Waals surface area contributed by atoms with Crippen LogP contribution in [0.25, 0.3) is 28.2 Å². The molecule has 0 bridgehead atoms. The van der Waals surface area contributed by atoms with Crippen LogP contribution in [0.2, 0.25) is 0 Å². The maximum absolute atomic E-state index is 10.6. The average molecular weight is 639 g/mol. The molecule has 2 aliphatic rings. The molecule has 0 atom stereocenters. The summed E-state index contributed by atoms with van der Waals surface area (Å²) in [6.45, 7) is 10.0. The fourth-order valence-corrected chi connectivity index (χ4v) is 5.86. The highest BCUT2D eigenvalue weighted by Crippen LogP contribution is 2.32. The van der Waals surface area contributed by atoms with Gasteiger partial charge in [-0.3, -0.25) is 4.98 Å². The van der Waals surface area contributed by atoms with Crippen molar-refractivity contribution in [3.63, 3.8) is 0 Å². The number of hydrogen-bond donors (Lipinski definition) is 3. The van der Waals surface area contributed by atoms with Crippen molar-refractivity contribution in [1.29, 1.82) is 5.26 Å². The zero-order valence-electron chi connectivity index (χ0n) is 25.7. The molecule has 4 aromatic rings. The number of likely N-dealkylation sites (tertiary alicyclic amines) is 1. The Kier molecular flexibility index (Phi) is 10.2. The first-order valence-corrected chi connectivity index (χ1v) is 15.3. The summed E-state index contributed by atoms with van der Waals surface area (Å²) in [7, 11) is 0. The van der Waals surface area contributed by atoms with E-state index in [1.807, 2.05) is 28.9 Å². The third-order valence-electron chi connectivity index (χ3n) is 8.18. The van der Waals surface area contributed by atoms with E-state index in [1.165, 1.54) is 19.4 Å². The van der Waals surface area contributed by atoms with Crippen molar-refractivity contribution in [1.82, 2.24) is 39.8 Å². The molecule has 0 spiro atoms. The van der Waals surface area contributed by atoms with Gasteiger partial charge in [0.15, 0.2) is 0 Å². The molecule has 0 amide bonds. The van der Waals surface area contributed by atoms with Crippen molar-refractivity contribution in [3.8, 4) is 28.7 Å². The molecule has 6 heterocycles. The lowest BCUT2D eigenvalue weighted by Crippen LogP contribution is -2.40. The summed E-state index contributed by atoms with van der Waals surface area (Å²) in [4.78, 5) is 16.3. The molecule has 2 fully saturated rings. The molecule has 4 aromatic heterocycles. The van der Waals surface area contributed by atoms with Crippen LogP contribution >= 0.6 is 0 Å². The molecule has 46 heavy (non-hydrogen) atoms. The molecule has 0 radical (unpaired) electrons. The third kappa shape index (κ3) is 7.99. The fraction of sp³-hybridized carbons (Fsp3) is 0.484. The van der Waals surface area contributed by atoms with E-state index in [0.717, 1.165) is 78.8 Å². The maximum Gasteiger partial charge on any atom is 0.490 e. The van der Waals surface area contributed by atoms with Gasteiger partial charge in [0, 0.05) is 43.1 Å². The van der Waals surface area contributed by atoms with Gasteiger partial charge >= 0.3 is 12.1 Å². The minimum Gasteiger partial charge on any atom is -0.475 e. The second-order valence-corrected chi connectivity index (χ2v) is 11.9. The van der Waals surface area contributed by atoms with Crippen LogP contribution in [0.4, 0.5) is 18.9 Å². The number of aromatic nitrogens is 6. The predicted molar refractivity (Wildman–Crippen MR) is 165 cm³/mol. The highest BCUT2D eigenvalue weighted by molar-refractivity contribution is 5.79. The Morgan fingerprint density at radius 1 is 1.13 bits per heavy atom. The van der Waals surface area contributed by atoms with Gasteiger partial charge in [-0.1, -0.05) is 5.21 Å². The van der Waals surface area contributed by atoms with Gasteiger partial charge in [0.05, 0.1) is 40.9 Å². The Morgan fingerprint density at radius 2 is 1.85 bits per heavy atom. The number of pyridine rings is 1. The monoisotopic (exact) mass is 638 g/mol. The molecule has 3 N–H and O–H groups in total. The normalized spacial score (nSPS) is 16.6. The first-order chi connectivity index (χ1) is 22.0. The average Bonchev–Trinajstić information content (AvgIpc) is 3.69. The minimum atomic E-state index is -5.08. The van der Waals surface area contributed by atoms with Crippen LogP contribution in [0.3, 0.4) is 0 Å². The van der Waals surface area contributed by atoms with Gasteiger partial charge in [-0.05, 0) is 82.8 Å². The van der Waals surface area contributed by atoms with Crippen LogP contribution in [-0.4, -0.2) is 90.5 Å². The Balaban J connectivity index is 0.000000537. The number of nitrogens with one attached hydrogen (secondary N) is 2. The number of piperidine rings is 2. The van der Waals surface area contributed by atoms with Crippen LogP contribution in [0, 0.1) is 17.2 Å². The molecule has 2 saturated heterocycles. The van der Waals surface area contributed by atoms with Gasteiger partial charge in [0.2, 0.25) is 0 Å². The Morgan fingerprint density at radius 3 is 2.50 bits per heavy atom. The van der Waals surface area contributed by atoms with Crippen molar-refractivity contribution in [2.75, 3.05) is 38.0 Å². The van der Waals surface area contributed by atoms with E-state index in [2.05, 4.69) is 67.8 Å². The van der Waals surface area contributed by atoms with E-state index in [-0.39, 0.29) is 6.04 Å². The van der Waals surface area contributed by atoms with Crippen molar-refractivity contribution < 1.29 is 23.1 Å². The summed E-state index contributed by atoms with van der Waals surface area (Å²) in [5, 5.41) is 36.9. The van der Waals surface area contributed by atoms with Crippen molar-refractivity contribution in [3.05, 3.63) is 48.4 Å². The molecule has 2 aliphatic heterocycles. The molecular weight excluding hydrogens is 601 g/mol. The summed E-state index contributed by atoms with van der Waals surface area (Å²) >= 11 is 0. The third-order valence-corrected chi connectivity index (χ3v) is 8.18. The second-order valence-electron chi connectivity index (χ2n) is 11.9.